The maximum atomic E-state index is 10.4. The molecule has 0 aliphatic heterocycles. The van der Waals surface area contributed by atoms with Crippen molar-refractivity contribution in [2.24, 2.45) is 0 Å². The summed E-state index contributed by atoms with van der Waals surface area (Å²) in [6.07, 6.45) is 0. The van der Waals surface area contributed by atoms with Gasteiger partial charge in [0.2, 0.25) is 0 Å². The molecule has 5 heteroatoms. The number of nitrogens with one attached hydrogen (secondary N) is 1. The van der Waals surface area contributed by atoms with Gasteiger partial charge >= 0.3 is 0 Å². The number of hydrogen-bond acceptors (Lipinski definition) is 3. The molecule has 1 rings (SSSR count). The molecule has 0 radical (unpaired) electrons. The van der Waals surface area contributed by atoms with Gasteiger partial charge in [0, 0.05) is 18.7 Å². The number of hydrogen-bond donors (Lipinski definition) is 1. The number of nitrogens with zero attached hydrogens (tertiary/aromatic N) is 1. The molecule has 1 N–H and O–H groups in total. The van der Waals surface area contributed by atoms with Crippen LogP contribution in [0.4, 0.5) is 5.69 Å². The average molecular weight is 212 g/mol. The van der Waals surface area contributed by atoms with Crippen LogP contribution in [0.2, 0.25) is 0 Å². The zero-order valence-electron chi connectivity index (χ0n) is 8.23. The van der Waals surface area contributed by atoms with Crippen molar-refractivity contribution in [1.29, 1.82) is 0 Å². The van der Waals surface area contributed by atoms with Gasteiger partial charge in [0.25, 0.3) is 5.69 Å². The van der Waals surface area contributed by atoms with E-state index in [2.05, 4.69) is 18.4 Å². The maximum Gasteiger partial charge on any atom is 0.269 e. The van der Waals surface area contributed by atoms with Gasteiger partial charge in [-0.3, -0.25) is 15.2 Å². The quantitative estimate of drug-likeness (QED) is 0.473. The van der Waals surface area contributed by atoms with E-state index in [1.54, 1.807) is 12.1 Å². The molecular weight excluding hydrogens is 199 g/mol. The van der Waals surface area contributed by atoms with Crippen LogP contribution in [0.3, 0.4) is 0 Å². The van der Waals surface area contributed by atoms with Crippen molar-refractivity contribution in [3.05, 3.63) is 39.9 Å². The van der Waals surface area contributed by atoms with E-state index in [1.165, 1.54) is 12.1 Å². The smallest absolute Gasteiger partial charge is 0.269 e. The Morgan fingerprint density at radius 3 is 2.36 bits per heavy atom. The zero-order valence-corrected chi connectivity index (χ0v) is 9.12. The van der Waals surface area contributed by atoms with Crippen LogP contribution in [-0.2, 0) is 6.54 Å². The summed E-state index contributed by atoms with van der Waals surface area (Å²) in [5, 5.41) is 13.7. The van der Waals surface area contributed by atoms with Gasteiger partial charge in [-0.25, -0.2) is 0 Å². The molecule has 0 fully saturated rings. The van der Waals surface area contributed by atoms with E-state index >= 15 is 0 Å². The molecule has 4 nitrogen and oxygen atoms in total. The van der Waals surface area contributed by atoms with E-state index in [0.717, 1.165) is 12.1 Å². The summed E-state index contributed by atoms with van der Waals surface area (Å²) >= 11 is 0. The number of non-ortho nitro benzene ring substituents is 1. The second kappa shape index (κ2) is 5.03. The third-order valence-corrected chi connectivity index (χ3v) is 2.54. The monoisotopic (exact) mass is 212 g/mol. The standard InChI is InChI=1S/C9H13N2O2P/c1-14(2)10-7-8-3-5-9(6-4-8)11(12)13/h3-6,10H,7H2,1-2H3. The summed E-state index contributed by atoms with van der Waals surface area (Å²) in [6.45, 7) is 5.03. The van der Waals surface area contributed by atoms with E-state index in [1.807, 2.05) is 0 Å². The number of nitro benzene ring substituents is 1. The molecule has 0 saturated carbocycles. The third kappa shape index (κ3) is 3.40. The predicted molar refractivity (Wildman–Crippen MR) is 58.7 cm³/mol. The number of benzene rings is 1. The van der Waals surface area contributed by atoms with Crippen LogP contribution >= 0.6 is 8.07 Å². The van der Waals surface area contributed by atoms with Crippen LogP contribution in [0, 0.1) is 10.1 Å². The fourth-order valence-corrected chi connectivity index (χ4v) is 1.48. The molecule has 0 aromatic heterocycles. The molecule has 0 unspecified atom stereocenters. The Labute approximate surface area is 84.3 Å². The maximum absolute atomic E-state index is 10.4. The molecule has 0 aliphatic carbocycles. The van der Waals surface area contributed by atoms with Crippen molar-refractivity contribution in [2.45, 2.75) is 6.54 Å². The highest BCUT2D eigenvalue weighted by atomic mass is 31.1. The number of nitro groups is 1. The Morgan fingerprint density at radius 1 is 1.36 bits per heavy atom. The van der Waals surface area contributed by atoms with Crippen LogP contribution in [-0.4, -0.2) is 18.3 Å². The molecule has 0 atom stereocenters. The largest absolute Gasteiger partial charge is 0.292 e. The first-order valence-corrected chi connectivity index (χ1v) is 6.47. The van der Waals surface area contributed by atoms with Crippen LogP contribution in [0.15, 0.2) is 24.3 Å². The summed E-state index contributed by atoms with van der Waals surface area (Å²) in [7, 11) is -0.128. The minimum atomic E-state index is -0.385. The van der Waals surface area contributed by atoms with Gasteiger partial charge < -0.3 is 0 Å². The molecule has 0 saturated heterocycles. The van der Waals surface area contributed by atoms with Crippen molar-refractivity contribution < 1.29 is 4.92 Å². The highest BCUT2D eigenvalue weighted by Crippen LogP contribution is 2.19. The number of rotatable bonds is 4. The highest BCUT2D eigenvalue weighted by Gasteiger charge is 2.03. The van der Waals surface area contributed by atoms with Gasteiger partial charge in [-0.2, -0.15) is 0 Å². The van der Waals surface area contributed by atoms with Crippen LogP contribution in [0.25, 0.3) is 0 Å². The highest BCUT2D eigenvalue weighted by molar-refractivity contribution is 7.53. The second-order valence-electron chi connectivity index (χ2n) is 3.15. The molecule has 0 amide bonds. The Morgan fingerprint density at radius 2 is 1.93 bits per heavy atom. The first-order valence-electron chi connectivity index (χ1n) is 4.24. The topological polar surface area (TPSA) is 55.2 Å². The van der Waals surface area contributed by atoms with Crippen molar-refractivity contribution in [2.75, 3.05) is 13.3 Å². The summed E-state index contributed by atoms with van der Waals surface area (Å²) in [5.74, 6) is 0. The van der Waals surface area contributed by atoms with Gasteiger partial charge in [-0.05, 0) is 27.0 Å². The Balaban J connectivity index is 2.60. The summed E-state index contributed by atoms with van der Waals surface area (Å²) < 4.78 is 0. The Kier molecular flexibility index (Phi) is 3.98. The van der Waals surface area contributed by atoms with Crippen molar-refractivity contribution >= 4 is 13.8 Å². The van der Waals surface area contributed by atoms with Crippen molar-refractivity contribution in [1.82, 2.24) is 5.09 Å². The predicted octanol–water partition coefficient (Wildman–Crippen LogP) is 2.34. The minimum absolute atomic E-state index is 0.128. The van der Waals surface area contributed by atoms with E-state index < -0.39 is 0 Å². The fourth-order valence-electron chi connectivity index (χ4n) is 0.985. The van der Waals surface area contributed by atoms with Crippen LogP contribution in [0.5, 0.6) is 0 Å². The van der Waals surface area contributed by atoms with E-state index in [4.69, 9.17) is 0 Å². The zero-order chi connectivity index (χ0) is 10.6. The molecule has 0 heterocycles. The summed E-state index contributed by atoms with van der Waals surface area (Å²) in [4.78, 5) is 9.99. The molecule has 1 aromatic carbocycles. The lowest BCUT2D eigenvalue weighted by Gasteiger charge is -2.07. The molecule has 0 spiro atoms. The van der Waals surface area contributed by atoms with E-state index in [0.29, 0.717) is 0 Å². The fraction of sp³-hybridized carbons (Fsp3) is 0.333. The summed E-state index contributed by atoms with van der Waals surface area (Å²) in [6, 6.07) is 6.63. The molecule has 14 heavy (non-hydrogen) atoms. The third-order valence-electron chi connectivity index (χ3n) is 1.75. The first kappa shape index (κ1) is 11.1. The Bertz CT molecular complexity index is 311. The first-order chi connectivity index (χ1) is 6.59. The SMILES string of the molecule is CP(C)NCc1ccc([N+](=O)[O-])cc1. The van der Waals surface area contributed by atoms with Crippen molar-refractivity contribution in [3.63, 3.8) is 0 Å². The van der Waals surface area contributed by atoms with Crippen LogP contribution in [0.1, 0.15) is 5.56 Å². The normalized spacial score (nSPS) is 10.5. The minimum Gasteiger partial charge on any atom is -0.292 e. The average Bonchev–Trinajstić information content (AvgIpc) is 2.15. The summed E-state index contributed by atoms with van der Waals surface area (Å²) in [5.41, 5.74) is 1.22. The molecule has 0 bridgehead atoms. The second-order valence-corrected chi connectivity index (χ2v) is 5.26. The van der Waals surface area contributed by atoms with Crippen LogP contribution < -0.4 is 5.09 Å². The van der Waals surface area contributed by atoms with E-state index in [-0.39, 0.29) is 18.7 Å². The lowest BCUT2D eigenvalue weighted by molar-refractivity contribution is -0.384. The van der Waals surface area contributed by atoms with E-state index in [9.17, 15) is 10.1 Å². The molecule has 1 aromatic rings. The van der Waals surface area contributed by atoms with Crippen molar-refractivity contribution in [3.8, 4) is 0 Å². The Hall–Kier alpha value is -0.990. The van der Waals surface area contributed by atoms with Gasteiger partial charge in [-0.1, -0.05) is 12.1 Å². The van der Waals surface area contributed by atoms with Gasteiger partial charge in [-0.15, -0.1) is 0 Å². The van der Waals surface area contributed by atoms with Gasteiger partial charge in [0.15, 0.2) is 0 Å². The lowest BCUT2D eigenvalue weighted by atomic mass is 10.2. The molecule has 76 valence electrons. The van der Waals surface area contributed by atoms with Gasteiger partial charge in [0.1, 0.15) is 0 Å². The molecular formula is C9H13N2O2P. The lowest BCUT2D eigenvalue weighted by Crippen LogP contribution is -2.04. The van der Waals surface area contributed by atoms with Gasteiger partial charge in [0.05, 0.1) is 4.92 Å². The molecule has 0 aliphatic rings.